The molecule has 3 amide bonds. The second-order valence-corrected chi connectivity index (χ2v) is 9.80. The first-order chi connectivity index (χ1) is 16.7. The minimum atomic E-state index is -0.518. The fourth-order valence-electron chi connectivity index (χ4n) is 3.15. The number of rotatable bonds is 10. The molecule has 1 aliphatic rings. The molecule has 1 aliphatic heterocycles. The van der Waals surface area contributed by atoms with Crippen molar-refractivity contribution in [2.45, 2.75) is 33.3 Å². The predicted molar refractivity (Wildman–Crippen MR) is 145 cm³/mol. The number of imide groups is 1. The maximum atomic E-state index is 12.9. The van der Waals surface area contributed by atoms with Crippen molar-refractivity contribution in [1.82, 2.24) is 4.90 Å². The summed E-state index contributed by atoms with van der Waals surface area (Å²) in [5.74, 6) is 0.875. The Morgan fingerprint density at radius 1 is 1.20 bits per heavy atom. The Morgan fingerprint density at radius 3 is 2.54 bits per heavy atom. The largest absolute Gasteiger partial charge is 0.494 e. The summed E-state index contributed by atoms with van der Waals surface area (Å²) in [6.45, 7) is 6.06. The summed E-state index contributed by atoms with van der Waals surface area (Å²) in [6, 6.07) is 10.5. The van der Waals surface area contributed by atoms with Crippen molar-refractivity contribution >= 4 is 63.2 Å². The number of thioether (sulfide) groups is 1. The van der Waals surface area contributed by atoms with Gasteiger partial charge in [-0.15, -0.1) is 0 Å². The zero-order chi connectivity index (χ0) is 25.5. The monoisotopic (exact) mass is 610 g/mol. The van der Waals surface area contributed by atoms with Crippen LogP contribution in [0.4, 0.5) is 10.5 Å². The number of anilines is 1. The van der Waals surface area contributed by atoms with Gasteiger partial charge in [0.1, 0.15) is 12.3 Å². The lowest BCUT2D eigenvalue weighted by molar-refractivity contribution is -0.127. The molecule has 35 heavy (non-hydrogen) atoms. The van der Waals surface area contributed by atoms with E-state index in [0.717, 1.165) is 26.7 Å². The molecular formula is C25H27IN2O6S. The highest BCUT2D eigenvalue weighted by Crippen LogP contribution is 2.38. The number of carbonyl (C=O) groups excluding carboxylic acids is 3. The standard InChI is InChI=1S/C25H27IN2O6S/c1-5-15(3)34-23-19(26)11-16(12-20(23)32-4)13-21-24(30)28(25(31)35-21)14-22(29)27-17-7-9-18(10-8-17)33-6-2/h7-13,15H,5-6,14H2,1-4H3,(H,27,29)/b21-13+/t15-/m0/s1. The molecule has 0 saturated carbocycles. The zero-order valence-corrected chi connectivity index (χ0v) is 22.9. The third-order valence-electron chi connectivity index (χ3n) is 5.07. The highest BCUT2D eigenvalue weighted by molar-refractivity contribution is 14.1. The van der Waals surface area contributed by atoms with Crippen LogP contribution >= 0.6 is 34.4 Å². The highest BCUT2D eigenvalue weighted by atomic mass is 127. The minimum absolute atomic E-state index is 0.0218. The fourth-order valence-corrected chi connectivity index (χ4v) is 4.75. The lowest BCUT2D eigenvalue weighted by atomic mass is 10.1. The second-order valence-electron chi connectivity index (χ2n) is 7.64. The molecule has 2 aromatic rings. The van der Waals surface area contributed by atoms with Crippen LogP contribution in [0.3, 0.4) is 0 Å². The molecule has 3 rings (SSSR count). The van der Waals surface area contributed by atoms with E-state index in [2.05, 4.69) is 27.9 Å². The van der Waals surface area contributed by atoms with E-state index in [9.17, 15) is 14.4 Å². The van der Waals surface area contributed by atoms with E-state index in [0.29, 0.717) is 35.1 Å². The smallest absolute Gasteiger partial charge is 0.294 e. The minimum Gasteiger partial charge on any atom is -0.494 e. The second kappa shape index (κ2) is 12.3. The van der Waals surface area contributed by atoms with Gasteiger partial charge >= 0.3 is 0 Å². The fraction of sp³-hybridized carbons (Fsp3) is 0.320. The van der Waals surface area contributed by atoms with Gasteiger partial charge in [0.05, 0.1) is 28.3 Å². The molecule has 1 fully saturated rings. The van der Waals surface area contributed by atoms with Crippen molar-refractivity contribution in [3.63, 3.8) is 0 Å². The lowest BCUT2D eigenvalue weighted by Crippen LogP contribution is -2.36. The number of benzene rings is 2. The molecule has 1 atom stereocenters. The SMILES string of the molecule is CCOc1ccc(NC(=O)CN2C(=O)S/C(=C/c3cc(I)c(O[C@@H](C)CC)c(OC)c3)C2=O)cc1. The van der Waals surface area contributed by atoms with Crippen LogP contribution in [0.2, 0.25) is 0 Å². The van der Waals surface area contributed by atoms with Crippen LogP contribution in [0.25, 0.3) is 6.08 Å². The molecule has 1 saturated heterocycles. The quantitative estimate of drug-likeness (QED) is 0.279. The molecule has 0 aromatic heterocycles. The molecular weight excluding hydrogens is 583 g/mol. The molecule has 0 bridgehead atoms. The first-order valence-corrected chi connectivity index (χ1v) is 13.0. The van der Waals surface area contributed by atoms with Gasteiger partial charge in [-0.25, -0.2) is 0 Å². The van der Waals surface area contributed by atoms with E-state index in [-0.39, 0.29) is 17.6 Å². The molecule has 8 nitrogen and oxygen atoms in total. The van der Waals surface area contributed by atoms with Crippen LogP contribution in [0, 0.1) is 3.57 Å². The van der Waals surface area contributed by atoms with Crippen molar-refractivity contribution < 1.29 is 28.6 Å². The van der Waals surface area contributed by atoms with Crippen molar-refractivity contribution in [1.29, 1.82) is 0 Å². The molecule has 0 spiro atoms. The predicted octanol–water partition coefficient (Wildman–Crippen LogP) is 5.55. The number of hydrogen-bond donors (Lipinski definition) is 1. The van der Waals surface area contributed by atoms with E-state index in [1.165, 1.54) is 0 Å². The number of nitrogens with one attached hydrogen (secondary N) is 1. The Morgan fingerprint density at radius 2 is 1.91 bits per heavy atom. The Labute approximate surface area is 222 Å². The number of halogens is 1. The van der Waals surface area contributed by atoms with E-state index >= 15 is 0 Å². The van der Waals surface area contributed by atoms with Gasteiger partial charge in [0.2, 0.25) is 5.91 Å². The number of methoxy groups -OCH3 is 1. The van der Waals surface area contributed by atoms with Gasteiger partial charge in [0, 0.05) is 5.69 Å². The Balaban J connectivity index is 1.71. The summed E-state index contributed by atoms with van der Waals surface area (Å²) in [7, 11) is 1.55. The Hall–Kier alpha value is -2.73. The first-order valence-electron chi connectivity index (χ1n) is 11.1. The van der Waals surface area contributed by atoms with E-state index in [1.807, 2.05) is 26.8 Å². The third kappa shape index (κ3) is 6.91. The van der Waals surface area contributed by atoms with Gasteiger partial charge in [0.25, 0.3) is 11.1 Å². The lowest BCUT2D eigenvalue weighted by Gasteiger charge is -2.17. The van der Waals surface area contributed by atoms with Crippen molar-refractivity contribution in [3.05, 3.63) is 50.4 Å². The van der Waals surface area contributed by atoms with Crippen molar-refractivity contribution in [2.75, 3.05) is 25.6 Å². The van der Waals surface area contributed by atoms with E-state index in [4.69, 9.17) is 14.2 Å². The average Bonchev–Trinajstić information content (AvgIpc) is 3.09. The van der Waals surface area contributed by atoms with Gasteiger partial charge in [-0.1, -0.05) is 6.92 Å². The van der Waals surface area contributed by atoms with Crippen LogP contribution in [0.15, 0.2) is 41.3 Å². The summed E-state index contributed by atoms with van der Waals surface area (Å²) in [6.07, 6.45) is 2.49. The van der Waals surface area contributed by atoms with Crippen LogP contribution in [0.1, 0.15) is 32.8 Å². The van der Waals surface area contributed by atoms with Gasteiger partial charge in [-0.05, 0) is 103 Å². The number of amides is 3. The Bertz CT molecular complexity index is 1140. The molecule has 0 radical (unpaired) electrons. The number of carbonyl (C=O) groups is 3. The van der Waals surface area contributed by atoms with Gasteiger partial charge in [-0.2, -0.15) is 0 Å². The number of ether oxygens (including phenoxy) is 3. The molecule has 2 aromatic carbocycles. The average molecular weight is 610 g/mol. The normalized spacial score (nSPS) is 15.3. The van der Waals surface area contributed by atoms with Gasteiger partial charge < -0.3 is 19.5 Å². The van der Waals surface area contributed by atoms with Crippen LogP contribution in [0.5, 0.6) is 17.2 Å². The molecule has 0 aliphatic carbocycles. The summed E-state index contributed by atoms with van der Waals surface area (Å²) < 4.78 is 17.7. The van der Waals surface area contributed by atoms with Gasteiger partial charge in [0.15, 0.2) is 11.5 Å². The molecule has 10 heteroatoms. The number of hydrogen-bond acceptors (Lipinski definition) is 7. The molecule has 1 heterocycles. The van der Waals surface area contributed by atoms with Crippen molar-refractivity contribution in [2.24, 2.45) is 0 Å². The third-order valence-corrected chi connectivity index (χ3v) is 6.78. The van der Waals surface area contributed by atoms with Crippen LogP contribution in [-0.4, -0.2) is 48.3 Å². The van der Waals surface area contributed by atoms with Crippen LogP contribution in [-0.2, 0) is 9.59 Å². The van der Waals surface area contributed by atoms with Gasteiger partial charge in [-0.3, -0.25) is 19.3 Å². The summed E-state index contributed by atoms with van der Waals surface area (Å²) in [5.41, 5.74) is 1.23. The zero-order valence-electron chi connectivity index (χ0n) is 19.9. The van der Waals surface area contributed by atoms with E-state index < -0.39 is 17.1 Å². The molecule has 0 unspecified atom stereocenters. The highest BCUT2D eigenvalue weighted by Gasteiger charge is 2.36. The van der Waals surface area contributed by atoms with E-state index in [1.54, 1.807) is 43.5 Å². The maximum absolute atomic E-state index is 12.9. The summed E-state index contributed by atoms with van der Waals surface area (Å²) >= 11 is 2.95. The summed E-state index contributed by atoms with van der Waals surface area (Å²) in [5, 5.41) is 2.19. The molecule has 186 valence electrons. The van der Waals surface area contributed by atoms with Crippen LogP contribution < -0.4 is 19.5 Å². The first kappa shape index (κ1) is 26.9. The Kier molecular flexibility index (Phi) is 9.44. The van der Waals surface area contributed by atoms with Crippen molar-refractivity contribution in [3.8, 4) is 17.2 Å². The topological polar surface area (TPSA) is 94.2 Å². The maximum Gasteiger partial charge on any atom is 0.294 e. The molecule has 1 N–H and O–H groups in total. The number of nitrogens with zero attached hydrogens (tertiary/aromatic N) is 1. The summed E-state index contributed by atoms with van der Waals surface area (Å²) in [4.78, 5) is 39.0.